The number of hydrogen-bond acceptors (Lipinski definition) is 3. The molecular weight excluding hydrogens is 264 g/mol. The van der Waals surface area contributed by atoms with Crippen LogP contribution in [-0.2, 0) is 4.79 Å². The third-order valence-electron chi connectivity index (χ3n) is 5.70. The molecule has 0 amide bonds. The Morgan fingerprint density at radius 1 is 1.00 bits per heavy atom. The molecule has 1 heterocycles. The highest BCUT2D eigenvalue weighted by Gasteiger charge is 2.35. The van der Waals surface area contributed by atoms with Gasteiger partial charge in [-0.3, -0.25) is 9.69 Å². The van der Waals surface area contributed by atoms with Gasteiger partial charge in [-0.05, 0) is 38.0 Å². The van der Waals surface area contributed by atoms with Crippen molar-refractivity contribution in [3.8, 4) is 0 Å². The summed E-state index contributed by atoms with van der Waals surface area (Å²) in [6.07, 6.45) is 12.1. The first-order valence-electron chi connectivity index (χ1n) is 8.92. The molecule has 0 aromatic carbocycles. The average molecular weight is 294 g/mol. The number of piperidine rings is 1. The molecule has 0 aromatic rings. The number of hydrogen-bond donors (Lipinski definition) is 2. The molecular formula is C17H30N2O2. The maximum absolute atomic E-state index is 11.1. The minimum Gasteiger partial charge on any atom is -0.481 e. The molecule has 3 rings (SSSR count). The quantitative estimate of drug-likeness (QED) is 0.818. The lowest BCUT2D eigenvalue weighted by molar-refractivity contribution is -0.138. The molecule has 2 N–H and O–H groups in total. The first kappa shape index (κ1) is 15.3. The van der Waals surface area contributed by atoms with E-state index in [1.54, 1.807) is 0 Å². The van der Waals surface area contributed by atoms with Crippen LogP contribution in [0.2, 0.25) is 0 Å². The monoisotopic (exact) mass is 294 g/mol. The standard InChI is InChI=1S/C17H30N2O2/c20-17(21)10-13-9-15(18-14-5-2-1-3-6-14)12-19(11-13)16-7-4-8-16/h13-16,18H,1-12H2,(H,20,21). The van der Waals surface area contributed by atoms with E-state index in [9.17, 15) is 4.79 Å². The van der Waals surface area contributed by atoms with Crippen molar-refractivity contribution >= 4 is 5.97 Å². The van der Waals surface area contributed by atoms with Crippen molar-refractivity contribution in [3.05, 3.63) is 0 Å². The van der Waals surface area contributed by atoms with Gasteiger partial charge in [-0.1, -0.05) is 25.7 Å². The van der Waals surface area contributed by atoms with Crippen LogP contribution in [0.25, 0.3) is 0 Å². The minimum atomic E-state index is -0.633. The fourth-order valence-electron chi connectivity index (χ4n) is 4.41. The smallest absolute Gasteiger partial charge is 0.303 e. The van der Waals surface area contributed by atoms with E-state index < -0.39 is 5.97 Å². The normalized spacial score (nSPS) is 32.8. The summed E-state index contributed by atoms with van der Waals surface area (Å²) in [6, 6.07) is 1.92. The first-order valence-corrected chi connectivity index (χ1v) is 8.92. The molecule has 2 saturated carbocycles. The predicted octanol–water partition coefficient (Wildman–Crippen LogP) is 2.63. The van der Waals surface area contributed by atoms with Crippen LogP contribution in [0.4, 0.5) is 0 Å². The molecule has 2 unspecified atom stereocenters. The molecule has 0 spiro atoms. The van der Waals surface area contributed by atoms with Crippen molar-refractivity contribution in [3.63, 3.8) is 0 Å². The van der Waals surface area contributed by atoms with Crippen molar-refractivity contribution in [1.82, 2.24) is 10.2 Å². The number of likely N-dealkylation sites (tertiary alicyclic amines) is 1. The summed E-state index contributed by atoms with van der Waals surface area (Å²) in [4.78, 5) is 13.7. The van der Waals surface area contributed by atoms with E-state index in [0.29, 0.717) is 24.4 Å². The number of carboxylic acids is 1. The van der Waals surface area contributed by atoms with Crippen LogP contribution in [-0.4, -0.2) is 47.2 Å². The Balaban J connectivity index is 1.56. The van der Waals surface area contributed by atoms with Crippen LogP contribution in [0.5, 0.6) is 0 Å². The Morgan fingerprint density at radius 3 is 2.38 bits per heavy atom. The second kappa shape index (κ2) is 7.10. The Hall–Kier alpha value is -0.610. The molecule has 3 fully saturated rings. The highest BCUT2D eigenvalue weighted by Crippen LogP contribution is 2.31. The Kier molecular flexibility index (Phi) is 5.17. The second-order valence-corrected chi connectivity index (χ2v) is 7.44. The lowest BCUT2D eigenvalue weighted by Crippen LogP contribution is -2.56. The molecule has 0 radical (unpaired) electrons. The van der Waals surface area contributed by atoms with E-state index in [1.165, 1.54) is 51.4 Å². The molecule has 1 aliphatic heterocycles. The minimum absolute atomic E-state index is 0.331. The van der Waals surface area contributed by atoms with Crippen molar-refractivity contribution in [1.29, 1.82) is 0 Å². The lowest BCUT2D eigenvalue weighted by atomic mass is 9.84. The fourth-order valence-corrected chi connectivity index (χ4v) is 4.41. The van der Waals surface area contributed by atoms with Crippen LogP contribution >= 0.6 is 0 Å². The predicted molar refractivity (Wildman–Crippen MR) is 83.4 cm³/mol. The maximum Gasteiger partial charge on any atom is 0.303 e. The van der Waals surface area contributed by atoms with Crippen LogP contribution in [0.15, 0.2) is 0 Å². The van der Waals surface area contributed by atoms with Gasteiger partial charge in [0.25, 0.3) is 0 Å². The summed E-state index contributed by atoms with van der Waals surface area (Å²) in [6.45, 7) is 2.14. The van der Waals surface area contributed by atoms with Gasteiger partial charge < -0.3 is 10.4 Å². The number of rotatable bonds is 5. The Morgan fingerprint density at radius 2 is 1.76 bits per heavy atom. The van der Waals surface area contributed by atoms with Crippen LogP contribution in [0.3, 0.4) is 0 Å². The SMILES string of the molecule is O=C(O)CC1CC(NC2CCCCC2)CN(C2CCC2)C1. The van der Waals surface area contributed by atoms with Crippen molar-refractivity contribution in [2.24, 2.45) is 5.92 Å². The van der Waals surface area contributed by atoms with E-state index in [-0.39, 0.29) is 0 Å². The van der Waals surface area contributed by atoms with Crippen molar-refractivity contribution < 1.29 is 9.90 Å². The maximum atomic E-state index is 11.1. The molecule has 0 aromatic heterocycles. The molecule has 3 aliphatic rings. The highest BCUT2D eigenvalue weighted by atomic mass is 16.4. The van der Waals surface area contributed by atoms with Gasteiger partial charge >= 0.3 is 5.97 Å². The molecule has 21 heavy (non-hydrogen) atoms. The van der Waals surface area contributed by atoms with Gasteiger partial charge in [-0.15, -0.1) is 0 Å². The zero-order valence-electron chi connectivity index (χ0n) is 13.1. The molecule has 1 saturated heterocycles. The number of carboxylic acid groups (broad SMARTS) is 1. The van der Waals surface area contributed by atoms with E-state index in [4.69, 9.17) is 5.11 Å². The lowest BCUT2D eigenvalue weighted by Gasteiger charge is -2.46. The third kappa shape index (κ3) is 4.19. The summed E-state index contributed by atoms with van der Waals surface area (Å²) in [5.41, 5.74) is 0. The summed E-state index contributed by atoms with van der Waals surface area (Å²) in [5, 5.41) is 13.0. The zero-order chi connectivity index (χ0) is 14.7. The van der Waals surface area contributed by atoms with Crippen LogP contribution in [0.1, 0.15) is 64.2 Å². The van der Waals surface area contributed by atoms with Crippen LogP contribution in [0, 0.1) is 5.92 Å². The summed E-state index contributed by atoms with van der Waals surface area (Å²) in [7, 11) is 0. The van der Waals surface area contributed by atoms with E-state index in [1.807, 2.05) is 0 Å². The van der Waals surface area contributed by atoms with Gasteiger partial charge in [-0.25, -0.2) is 0 Å². The van der Waals surface area contributed by atoms with E-state index >= 15 is 0 Å². The largest absolute Gasteiger partial charge is 0.481 e. The fraction of sp³-hybridized carbons (Fsp3) is 0.941. The van der Waals surface area contributed by atoms with E-state index in [0.717, 1.165) is 25.6 Å². The van der Waals surface area contributed by atoms with Gasteiger partial charge in [0.1, 0.15) is 0 Å². The van der Waals surface area contributed by atoms with Crippen molar-refractivity contribution in [2.45, 2.75) is 82.3 Å². The third-order valence-corrected chi connectivity index (χ3v) is 5.70. The topological polar surface area (TPSA) is 52.6 Å². The molecule has 120 valence electrons. The summed E-state index contributed by atoms with van der Waals surface area (Å²) in [5.74, 6) is -0.301. The van der Waals surface area contributed by atoms with Gasteiger partial charge in [0, 0.05) is 37.6 Å². The van der Waals surface area contributed by atoms with Gasteiger partial charge in [-0.2, -0.15) is 0 Å². The van der Waals surface area contributed by atoms with Gasteiger partial charge in [0.15, 0.2) is 0 Å². The molecule has 2 aliphatic carbocycles. The number of nitrogens with one attached hydrogen (secondary N) is 1. The Bertz CT molecular complexity index is 349. The first-order chi connectivity index (χ1) is 10.2. The molecule has 2 atom stereocenters. The number of nitrogens with zero attached hydrogens (tertiary/aromatic N) is 1. The van der Waals surface area contributed by atoms with Gasteiger partial charge in [0.2, 0.25) is 0 Å². The zero-order valence-corrected chi connectivity index (χ0v) is 13.1. The highest BCUT2D eigenvalue weighted by molar-refractivity contribution is 5.67. The number of aliphatic carboxylic acids is 1. The van der Waals surface area contributed by atoms with E-state index in [2.05, 4.69) is 10.2 Å². The summed E-state index contributed by atoms with van der Waals surface area (Å²) >= 11 is 0. The molecule has 0 bridgehead atoms. The van der Waals surface area contributed by atoms with Crippen molar-refractivity contribution in [2.75, 3.05) is 13.1 Å². The summed E-state index contributed by atoms with van der Waals surface area (Å²) < 4.78 is 0. The average Bonchev–Trinajstić information content (AvgIpc) is 2.36. The van der Waals surface area contributed by atoms with Gasteiger partial charge in [0.05, 0.1) is 0 Å². The number of carbonyl (C=O) groups is 1. The molecule has 4 heteroatoms. The van der Waals surface area contributed by atoms with Crippen LogP contribution < -0.4 is 5.32 Å². The second-order valence-electron chi connectivity index (χ2n) is 7.44. The Labute approximate surface area is 128 Å². The molecule has 4 nitrogen and oxygen atoms in total.